The van der Waals surface area contributed by atoms with Crippen molar-refractivity contribution in [1.29, 1.82) is 0 Å². The summed E-state index contributed by atoms with van der Waals surface area (Å²) in [6.45, 7) is 1.55. The molecular weight excluding hydrogens is 406 g/mol. The van der Waals surface area contributed by atoms with Gasteiger partial charge < -0.3 is 10.1 Å². The second kappa shape index (κ2) is 9.71. The van der Waals surface area contributed by atoms with Gasteiger partial charge in [-0.3, -0.25) is 9.59 Å². The van der Waals surface area contributed by atoms with E-state index in [9.17, 15) is 9.59 Å². The summed E-state index contributed by atoms with van der Waals surface area (Å²) in [6, 6.07) is 16.2. The lowest BCUT2D eigenvalue weighted by Crippen LogP contribution is -2.35. The van der Waals surface area contributed by atoms with E-state index in [2.05, 4.69) is 20.9 Å². The molecule has 2 N–H and O–H groups in total. The molecule has 8 nitrogen and oxygen atoms in total. The number of amides is 2. The van der Waals surface area contributed by atoms with Gasteiger partial charge in [-0.15, -0.1) is 0 Å². The summed E-state index contributed by atoms with van der Waals surface area (Å²) < 4.78 is 6.73. The molecule has 0 bridgehead atoms. The molecule has 0 spiro atoms. The van der Waals surface area contributed by atoms with Crippen LogP contribution in [0.1, 0.15) is 21.6 Å². The average Bonchev–Trinajstić information content (AvgIpc) is 3.06. The van der Waals surface area contributed by atoms with E-state index in [-0.39, 0.29) is 6.54 Å². The molecule has 3 aromatic rings. The highest BCUT2D eigenvalue weighted by atomic mass is 35.5. The van der Waals surface area contributed by atoms with Gasteiger partial charge in [0.15, 0.2) is 0 Å². The summed E-state index contributed by atoms with van der Waals surface area (Å²) in [5.41, 5.74) is 4.75. The van der Waals surface area contributed by atoms with Crippen LogP contribution in [0.4, 0.5) is 0 Å². The number of halogens is 1. The molecule has 0 aliphatic heterocycles. The van der Waals surface area contributed by atoms with Crippen molar-refractivity contribution < 1.29 is 14.3 Å². The first-order valence-corrected chi connectivity index (χ1v) is 9.42. The number of hydrogen-bond acceptors (Lipinski definition) is 5. The largest absolute Gasteiger partial charge is 0.496 e. The zero-order valence-corrected chi connectivity index (χ0v) is 17.2. The molecule has 30 heavy (non-hydrogen) atoms. The molecule has 0 fully saturated rings. The molecule has 1 aromatic heterocycles. The van der Waals surface area contributed by atoms with Gasteiger partial charge in [0.2, 0.25) is 0 Å². The smallest absolute Gasteiger partial charge is 0.259 e. The molecule has 0 aliphatic carbocycles. The Labute approximate surface area is 178 Å². The second-order valence-electron chi connectivity index (χ2n) is 6.21. The van der Waals surface area contributed by atoms with Crippen molar-refractivity contribution >= 4 is 29.6 Å². The van der Waals surface area contributed by atoms with Crippen molar-refractivity contribution in [3.8, 4) is 11.4 Å². The summed E-state index contributed by atoms with van der Waals surface area (Å²) in [6.07, 6.45) is 1.42. The number of benzene rings is 2. The van der Waals surface area contributed by atoms with Gasteiger partial charge in [0, 0.05) is 0 Å². The second-order valence-corrected chi connectivity index (χ2v) is 6.57. The monoisotopic (exact) mass is 425 g/mol. The third-order valence-corrected chi connectivity index (χ3v) is 4.56. The Morgan fingerprint density at radius 2 is 1.87 bits per heavy atom. The van der Waals surface area contributed by atoms with Crippen LogP contribution in [-0.2, 0) is 4.79 Å². The number of carbonyl (C=O) groups is 2. The van der Waals surface area contributed by atoms with Gasteiger partial charge in [-0.25, -0.2) is 10.1 Å². The molecule has 0 aliphatic rings. The Morgan fingerprint density at radius 1 is 1.17 bits per heavy atom. The molecule has 154 valence electrons. The van der Waals surface area contributed by atoms with E-state index in [1.807, 2.05) is 30.3 Å². The molecule has 0 saturated carbocycles. The maximum atomic E-state index is 12.2. The first-order chi connectivity index (χ1) is 14.5. The Kier molecular flexibility index (Phi) is 6.82. The SMILES string of the molecule is COc1ccccc1C(=O)NCC(=O)N/N=C\c1c(C)nn(-c2ccccc2)c1Cl. The lowest BCUT2D eigenvalue weighted by atomic mass is 10.2. The van der Waals surface area contributed by atoms with Gasteiger partial charge in [0.05, 0.1) is 42.4 Å². The van der Waals surface area contributed by atoms with Crippen LogP contribution in [0, 0.1) is 6.92 Å². The highest BCUT2D eigenvalue weighted by Gasteiger charge is 2.14. The lowest BCUT2D eigenvalue weighted by molar-refractivity contribution is -0.120. The highest BCUT2D eigenvalue weighted by Crippen LogP contribution is 2.21. The molecule has 1 heterocycles. The summed E-state index contributed by atoms with van der Waals surface area (Å²) >= 11 is 6.41. The number of carbonyl (C=O) groups excluding carboxylic acids is 2. The zero-order valence-electron chi connectivity index (χ0n) is 16.4. The van der Waals surface area contributed by atoms with Gasteiger partial charge in [-0.2, -0.15) is 10.2 Å². The third kappa shape index (κ3) is 4.84. The first-order valence-electron chi connectivity index (χ1n) is 9.05. The quantitative estimate of drug-likeness (QED) is 0.449. The third-order valence-electron chi connectivity index (χ3n) is 4.19. The number of nitrogens with one attached hydrogen (secondary N) is 2. The van der Waals surface area contributed by atoms with E-state index < -0.39 is 11.8 Å². The molecular formula is C21H20ClN5O3. The van der Waals surface area contributed by atoms with Crippen LogP contribution in [-0.4, -0.2) is 41.5 Å². The molecule has 0 unspecified atom stereocenters. The van der Waals surface area contributed by atoms with Crippen LogP contribution in [0.3, 0.4) is 0 Å². The number of para-hydroxylation sites is 2. The minimum Gasteiger partial charge on any atom is -0.496 e. The zero-order chi connectivity index (χ0) is 21.5. The van der Waals surface area contributed by atoms with Crippen molar-refractivity contribution in [2.24, 2.45) is 5.10 Å². The number of rotatable bonds is 7. The van der Waals surface area contributed by atoms with E-state index in [0.717, 1.165) is 5.69 Å². The minimum absolute atomic E-state index is 0.246. The van der Waals surface area contributed by atoms with Crippen LogP contribution in [0.15, 0.2) is 59.7 Å². The molecule has 0 saturated heterocycles. The first kappa shape index (κ1) is 21.1. The maximum Gasteiger partial charge on any atom is 0.259 e. The molecule has 2 amide bonds. The van der Waals surface area contributed by atoms with Crippen molar-refractivity contribution in [2.75, 3.05) is 13.7 Å². The summed E-state index contributed by atoms with van der Waals surface area (Å²) in [7, 11) is 1.47. The van der Waals surface area contributed by atoms with Crippen molar-refractivity contribution in [3.63, 3.8) is 0 Å². The van der Waals surface area contributed by atoms with Gasteiger partial charge in [-0.05, 0) is 31.2 Å². The van der Waals surface area contributed by atoms with Gasteiger partial charge in [0.1, 0.15) is 10.9 Å². The normalized spacial score (nSPS) is 10.8. The van der Waals surface area contributed by atoms with Crippen LogP contribution in [0.2, 0.25) is 5.15 Å². The fourth-order valence-corrected chi connectivity index (χ4v) is 3.02. The standard InChI is InChI=1S/C21H20ClN5O3/c1-14-17(20(22)27(26-14)15-8-4-3-5-9-15)12-24-25-19(28)13-23-21(29)16-10-6-7-11-18(16)30-2/h3-12H,13H2,1-2H3,(H,23,29)(H,25,28)/b24-12-. The highest BCUT2D eigenvalue weighted by molar-refractivity contribution is 6.32. The summed E-state index contributed by atoms with van der Waals surface area (Å²) in [4.78, 5) is 24.2. The topological polar surface area (TPSA) is 97.6 Å². The Morgan fingerprint density at radius 3 is 2.60 bits per heavy atom. The van der Waals surface area contributed by atoms with E-state index >= 15 is 0 Å². The molecule has 2 aromatic carbocycles. The Bertz CT molecular complexity index is 1080. The number of aryl methyl sites for hydroxylation is 1. The van der Waals surface area contributed by atoms with Crippen LogP contribution < -0.4 is 15.5 Å². The summed E-state index contributed by atoms with van der Waals surface area (Å²) in [5.74, 6) is -0.484. The van der Waals surface area contributed by atoms with Gasteiger partial charge in [-0.1, -0.05) is 41.9 Å². The van der Waals surface area contributed by atoms with Crippen LogP contribution in [0.5, 0.6) is 5.75 Å². The fourth-order valence-electron chi connectivity index (χ4n) is 2.69. The minimum atomic E-state index is -0.487. The number of nitrogens with zero attached hydrogens (tertiary/aromatic N) is 3. The number of methoxy groups -OCH3 is 1. The van der Waals surface area contributed by atoms with E-state index in [4.69, 9.17) is 16.3 Å². The average molecular weight is 426 g/mol. The maximum absolute atomic E-state index is 12.2. The fraction of sp³-hybridized carbons (Fsp3) is 0.143. The van der Waals surface area contributed by atoms with Crippen LogP contribution >= 0.6 is 11.6 Å². The molecule has 0 atom stereocenters. The predicted molar refractivity (Wildman–Crippen MR) is 114 cm³/mol. The van der Waals surface area contributed by atoms with Gasteiger partial charge >= 0.3 is 0 Å². The van der Waals surface area contributed by atoms with E-state index in [1.54, 1.807) is 35.9 Å². The Hall–Kier alpha value is -3.65. The molecule has 9 heteroatoms. The van der Waals surface area contributed by atoms with Crippen molar-refractivity contribution in [1.82, 2.24) is 20.5 Å². The van der Waals surface area contributed by atoms with E-state index in [1.165, 1.54) is 13.3 Å². The lowest BCUT2D eigenvalue weighted by Gasteiger charge is -2.08. The number of ether oxygens (including phenoxy) is 1. The van der Waals surface area contributed by atoms with E-state index in [0.29, 0.717) is 27.7 Å². The number of hydrogen-bond donors (Lipinski definition) is 2. The number of hydrazone groups is 1. The Balaban J connectivity index is 1.59. The van der Waals surface area contributed by atoms with Crippen molar-refractivity contribution in [3.05, 3.63) is 76.6 Å². The van der Waals surface area contributed by atoms with Gasteiger partial charge in [0.25, 0.3) is 11.8 Å². The summed E-state index contributed by atoms with van der Waals surface area (Å²) in [5, 5.41) is 11.2. The number of aromatic nitrogens is 2. The van der Waals surface area contributed by atoms with Crippen molar-refractivity contribution in [2.45, 2.75) is 6.92 Å². The molecule has 0 radical (unpaired) electrons. The predicted octanol–water partition coefficient (Wildman–Crippen LogP) is 2.72. The molecule has 3 rings (SSSR count). The van der Waals surface area contributed by atoms with Crippen LogP contribution in [0.25, 0.3) is 5.69 Å².